The number of carbonyl (C=O) groups is 1. The zero-order valence-electron chi connectivity index (χ0n) is 12.2. The highest BCUT2D eigenvalue weighted by molar-refractivity contribution is 5.98. The summed E-state index contributed by atoms with van der Waals surface area (Å²) in [6.07, 6.45) is 0. The SMILES string of the molecule is COC(=O)c1ccc(C(N)=NCc2ccc(C)cc2)cc1. The van der Waals surface area contributed by atoms with Crippen LogP contribution < -0.4 is 5.73 Å². The molecule has 0 aromatic heterocycles. The van der Waals surface area contributed by atoms with Gasteiger partial charge in [0.15, 0.2) is 0 Å². The fourth-order valence-corrected chi connectivity index (χ4v) is 1.86. The van der Waals surface area contributed by atoms with Crippen molar-refractivity contribution >= 4 is 11.8 Å². The lowest BCUT2D eigenvalue weighted by Crippen LogP contribution is -2.14. The molecule has 0 aliphatic rings. The van der Waals surface area contributed by atoms with Gasteiger partial charge in [0.05, 0.1) is 19.2 Å². The van der Waals surface area contributed by atoms with E-state index in [0.717, 1.165) is 11.1 Å². The van der Waals surface area contributed by atoms with Crippen LogP contribution in [-0.4, -0.2) is 18.9 Å². The molecule has 0 heterocycles. The average molecular weight is 282 g/mol. The van der Waals surface area contributed by atoms with Gasteiger partial charge in [0.25, 0.3) is 0 Å². The summed E-state index contributed by atoms with van der Waals surface area (Å²) >= 11 is 0. The first-order valence-corrected chi connectivity index (χ1v) is 6.64. The molecule has 0 atom stereocenters. The van der Waals surface area contributed by atoms with Crippen LogP contribution in [0.1, 0.15) is 27.0 Å². The molecule has 2 aromatic carbocycles. The maximum atomic E-state index is 11.3. The molecule has 0 aliphatic heterocycles. The number of nitrogens with two attached hydrogens (primary N) is 1. The number of methoxy groups -OCH3 is 1. The summed E-state index contributed by atoms with van der Waals surface area (Å²) < 4.78 is 4.65. The molecule has 0 radical (unpaired) electrons. The summed E-state index contributed by atoms with van der Waals surface area (Å²) in [5.41, 5.74) is 9.57. The van der Waals surface area contributed by atoms with Gasteiger partial charge >= 0.3 is 5.97 Å². The van der Waals surface area contributed by atoms with E-state index in [1.165, 1.54) is 12.7 Å². The molecule has 0 fully saturated rings. The van der Waals surface area contributed by atoms with E-state index < -0.39 is 0 Å². The van der Waals surface area contributed by atoms with Crippen molar-refractivity contribution in [3.63, 3.8) is 0 Å². The molecule has 0 spiro atoms. The molecule has 0 aliphatic carbocycles. The number of aryl methyl sites for hydroxylation is 1. The minimum absolute atomic E-state index is 0.364. The van der Waals surface area contributed by atoms with E-state index in [2.05, 4.69) is 9.73 Å². The smallest absolute Gasteiger partial charge is 0.337 e. The van der Waals surface area contributed by atoms with Gasteiger partial charge in [-0.3, -0.25) is 4.99 Å². The van der Waals surface area contributed by atoms with Crippen LogP contribution in [0.2, 0.25) is 0 Å². The molecular weight excluding hydrogens is 264 g/mol. The Morgan fingerprint density at radius 1 is 1.05 bits per heavy atom. The highest BCUT2D eigenvalue weighted by atomic mass is 16.5. The number of benzene rings is 2. The van der Waals surface area contributed by atoms with Crippen molar-refractivity contribution in [2.45, 2.75) is 13.5 Å². The lowest BCUT2D eigenvalue weighted by Gasteiger charge is -2.04. The molecule has 0 amide bonds. The number of amidine groups is 1. The second kappa shape index (κ2) is 6.70. The van der Waals surface area contributed by atoms with Gasteiger partial charge in [-0.25, -0.2) is 4.79 Å². The monoisotopic (exact) mass is 282 g/mol. The Hall–Kier alpha value is -2.62. The number of nitrogens with zero attached hydrogens (tertiary/aromatic N) is 1. The average Bonchev–Trinajstić information content (AvgIpc) is 2.53. The maximum Gasteiger partial charge on any atom is 0.337 e. The van der Waals surface area contributed by atoms with E-state index in [9.17, 15) is 4.79 Å². The van der Waals surface area contributed by atoms with E-state index in [0.29, 0.717) is 17.9 Å². The Kier molecular flexibility index (Phi) is 4.72. The third kappa shape index (κ3) is 3.92. The van der Waals surface area contributed by atoms with Crippen molar-refractivity contribution in [3.8, 4) is 0 Å². The summed E-state index contributed by atoms with van der Waals surface area (Å²) in [5.74, 6) is 0.0868. The standard InChI is InChI=1S/C17H18N2O2/c1-12-3-5-13(6-4-12)11-19-16(18)14-7-9-15(10-8-14)17(20)21-2/h3-10H,11H2,1-2H3,(H2,18,19). The number of hydrogen-bond acceptors (Lipinski definition) is 3. The number of ether oxygens (including phenoxy) is 1. The lowest BCUT2D eigenvalue weighted by atomic mass is 10.1. The van der Waals surface area contributed by atoms with Gasteiger partial charge < -0.3 is 10.5 Å². The van der Waals surface area contributed by atoms with Crippen LogP contribution in [0.3, 0.4) is 0 Å². The van der Waals surface area contributed by atoms with Crippen LogP contribution in [0.15, 0.2) is 53.5 Å². The first-order valence-electron chi connectivity index (χ1n) is 6.64. The van der Waals surface area contributed by atoms with Crippen LogP contribution >= 0.6 is 0 Å². The molecule has 4 nitrogen and oxygen atoms in total. The molecule has 4 heteroatoms. The van der Waals surface area contributed by atoms with Crippen LogP contribution in [0.25, 0.3) is 0 Å². The van der Waals surface area contributed by atoms with Crippen molar-refractivity contribution < 1.29 is 9.53 Å². The summed E-state index contributed by atoms with van der Waals surface area (Å²) in [5, 5.41) is 0. The summed E-state index contributed by atoms with van der Waals surface area (Å²) in [6.45, 7) is 2.58. The molecule has 21 heavy (non-hydrogen) atoms. The number of hydrogen-bond donors (Lipinski definition) is 1. The van der Waals surface area contributed by atoms with Crippen molar-refractivity contribution in [1.82, 2.24) is 0 Å². The molecule has 2 aromatic rings. The first-order chi connectivity index (χ1) is 10.1. The molecule has 0 unspecified atom stereocenters. The minimum atomic E-state index is -0.364. The fourth-order valence-electron chi connectivity index (χ4n) is 1.86. The van der Waals surface area contributed by atoms with Gasteiger partial charge in [-0.2, -0.15) is 0 Å². The third-order valence-corrected chi connectivity index (χ3v) is 3.15. The van der Waals surface area contributed by atoms with Crippen LogP contribution in [0, 0.1) is 6.92 Å². The number of esters is 1. The maximum absolute atomic E-state index is 11.3. The van der Waals surface area contributed by atoms with Gasteiger partial charge in [0.1, 0.15) is 5.84 Å². The molecule has 108 valence electrons. The predicted octanol–water partition coefficient (Wildman–Crippen LogP) is 2.69. The minimum Gasteiger partial charge on any atom is -0.465 e. The Bertz CT molecular complexity index is 643. The Morgan fingerprint density at radius 3 is 2.19 bits per heavy atom. The Balaban J connectivity index is 2.08. The second-order valence-corrected chi connectivity index (χ2v) is 4.76. The highest BCUT2D eigenvalue weighted by Crippen LogP contribution is 2.08. The summed E-state index contributed by atoms with van der Waals surface area (Å²) in [7, 11) is 1.35. The number of rotatable bonds is 4. The van der Waals surface area contributed by atoms with Gasteiger partial charge in [-0.15, -0.1) is 0 Å². The summed E-state index contributed by atoms with van der Waals surface area (Å²) in [6, 6.07) is 15.0. The molecule has 2 N–H and O–H groups in total. The molecule has 0 bridgehead atoms. The van der Waals surface area contributed by atoms with Crippen molar-refractivity contribution in [2.24, 2.45) is 10.7 Å². The zero-order valence-corrected chi connectivity index (χ0v) is 12.2. The highest BCUT2D eigenvalue weighted by Gasteiger charge is 2.05. The van der Waals surface area contributed by atoms with E-state index in [1.807, 2.05) is 31.2 Å². The van der Waals surface area contributed by atoms with Crippen LogP contribution in [0.5, 0.6) is 0 Å². The van der Waals surface area contributed by atoms with Gasteiger partial charge in [0.2, 0.25) is 0 Å². The topological polar surface area (TPSA) is 64.7 Å². The zero-order chi connectivity index (χ0) is 15.2. The summed E-state index contributed by atoms with van der Waals surface area (Å²) in [4.78, 5) is 15.7. The molecule has 0 saturated carbocycles. The second-order valence-electron chi connectivity index (χ2n) is 4.76. The van der Waals surface area contributed by atoms with E-state index >= 15 is 0 Å². The van der Waals surface area contributed by atoms with Gasteiger partial charge in [-0.05, 0) is 24.6 Å². The Morgan fingerprint density at radius 2 is 1.62 bits per heavy atom. The van der Waals surface area contributed by atoms with E-state index in [4.69, 9.17) is 5.73 Å². The Labute approximate surface area is 124 Å². The van der Waals surface area contributed by atoms with Gasteiger partial charge in [-0.1, -0.05) is 42.0 Å². The quantitative estimate of drug-likeness (QED) is 0.532. The molecule has 2 rings (SSSR count). The lowest BCUT2D eigenvalue weighted by molar-refractivity contribution is 0.0600. The van der Waals surface area contributed by atoms with Crippen LogP contribution in [0.4, 0.5) is 0 Å². The number of aliphatic imine (C=N–C) groups is 1. The van der Waals surface area contributed by atoms with Crippen molar-refractivity contribution in [1.29, 1.82) is 0 Å². The van der Waals surface area contributed by atoms with E-state index in [-0.39, 0.29) is 5.97 Å². The van der Waals surface area contributed by atoms with Crippen LogP contribution in [-0.2, 0) is 11.3 Å². The fraction of sp³-hybridized carbons (Fsp3) is 0.176. The van der Waals surface area contributed by atoms with Crippen molar-refractivity contribution in [2.75, 3.05) is 7.11 Å². The third-order valence-electron chi connectivity index (χ3n) is 3.15. The van der Waals surface area contributed by atoms with Crippen molar-refractivity contribution in [3.05, 3.63) is 70.8 Å². The molecular formula is C17H18N2O2. The normalized spacial score (nSPS) is 11.2. The van der Waals surface area contributed by atoms with E-state index in [1.54, 1.807) is 24.3 Å². The first kappa shape index (κ1) is 14.8. The van der Waals surface area contributed by atoms with Gasteiger partial charge in [0, 0.05) is 5.56 Å². The molecule has 0 saturated heterocycles. The predicted molar refractivity (Wildman–Crippen MR) is 83.4 cm³/mol. The number of carbonyl (C=O) groups excluding carboxylic acids is 1. The largest absolute Gasteiger partial charge is 0.465 e.